The Bertz CT molecular complexity index is 1030. The van der Waals surface area contributed by atoms with E-state index in [-0.39, 0.29) is 0 Å². The molecule has 1 aromatic heterocycles. The number of fused-ring (bicyclic) bond motifs is 2. The molecule has 0 atom stereocenters. The number of aliphatic imine (C=N–C) groups is 1. The average molecular weight is 403 g/mol. The van der Waals surface area contributed by atoms with E-state index in [1.165, 1.54) is 44.4 Å². The number of nitrogens with zero attached hydrogens (tertiary/aromatic N) is 1. The van der Waals surface area contributed by atoms with Gasteiger partial charge >= 0.3 is 0 Å². The molecule has 4 rings (SSSR count). The quantitative estimate of drug-likeness (QED) is 0.452. The van der Waals surface area contributed by atoms with Gasteiger partial charge in [0, 0.05) is 24.3 Å². The van der Waals surface area contributed by atoms with Crippen molar-refractivity contribution in [3.05, 3.63) is 64.3 Å². The van der Waals surface area contributed by atoms with Crippen LogP contribution in [0.25, 0.3) is 10.9 Å². The minimum absolute atomic E-state index is 0.574. The summed E-state index contributed by atoms with van der Waals surface area (Å²) in [6, 6.07) is 11.4. The molecule has 2 nitrogen and oxygen atoms in total. The van der Waals surface area contributed by atoms with Gasteiger partial charge in [-0.15, -0.1) is 0 Å². The number of aromatic amines is 1. The Kier molecular flexibility index (Phi) is 6.85. The van der Waals surface area contributed by atoms with Crippen LogP contribution in [-0.4, -0.2) is 11.2 Å². The van der Waals surface area contributed by atoms with E-state index in [0.717, 1.165) is 6.42 Å². The summed E-state index contributed by atoms with van der Waals surface area (Å²) in [6.45, 7) is 18.0. The molecule has 160 valence electrons. The summed E-state index contributed by atoms with van der Waals surface area (Å²) < 4.78 is 0. The zero-order valence-electron chi connectivity index (χ0n) is 20.0. The van der Waals surface area contributed by atoms with E-state index in [4.69, 9.17) is 0 Å². The molecule has 2 heteroatoms. The van der Waals surface area contributed by atoms with Crippen molar-refractivity contribution in [2.24, 2.45) is 4.99 Å². The zero-order valence-corrected chi connectivity index (χ0v) is 20.0. The molecule has 2 heterocycles. The fraction of sp³-hybridized carbons (Fsp3) is 0.464. The summed E-state index contributed by atoms with van der Waals surface area (Å²) in [5.41, 5.74) is 9.70. The maximum absolute atomic E-state index is 4.46. The topological polar surface area (TPSA) is 28.1 Å². The van der Waals surface area contributed by atoms with Crippen LogP contribution in [0.15, 0.2) is 41.5 Å². The Morgan fingerprint density at radius 2 is 1.33 bits per heavy atom. The zero-order chi connectivity index (χ0) is 22.0. The van der Waals surface area contributed by atoms with Crippen LogP contribution >= 0.6 is 0 Å². The lowest BCUT2D eigenvalue weighted by Crippen LogP contribution is -1.98. The molecular weight excluding hydrogens is 364 g/mol. The Morgan fingerprint density at radius 3 is 1.93 bits per heavy atom. The Hall–Kier alpha value is -2.35. The second-order valence-corrected chi connectivity index (χ2v) is 9.79. The predicted octanol–water partition coefficient (Wildman–Crippen LogP) is 8.61. The summed E-state index contributed by atoms with van der Waals surface area (Å²) in [5.74, 6) is 2.36. The average Bonchev–Trinajstić information content (AvgIpc) is 3.35. The van der Waals surface area contributed by atoms with Gasteiger partial charge in [0.1, 0.15) is 0 Å². The molecule has 1 N–H and O–H groups in total. The molecule has 0 bridgehead atoms. The van der Waals surface area contributed by atoms with Crippen molar-refractivity contribution < 1.29 is 0 Å². The van der Waals surface area contributed by atoms with Gasteiger partial charge in [0.05, 0.1) is 5.69 Å². The summed E-state index contributed by atoms with van der Waals surface area (Å²) >= 11 is 0. The van der Waals surface area contributed by atoms with Crippen LogP contribution in [0.2, 0.25) is 0 Å². The van der Waals surface area contributed by atoms with Gasteiger partial charge in [-0.05, 0) is 75.1 Å². The molecule has 2 aromatic carbocycles. The maximum atomic E-state index is 4.46. The van der Waals surface area contributed by atoms with E-state index >= 15 is 0 Å². The number of hydrogen-bond acceptors (Lipinski definition) is 1. The fourth-order valence-electron chi connectivity index (χ4n) is 4.14. The second kappa shape index (κ2) is 9.20. The van der Waals surface area contributed by atoms with Crippen LogP contribution in [0.5, 0.6) is 0 Å². The molecule has 0 amide bonds. The Balaban J connectivity index is 0.000000171. The second-order valence-electron chi connectivity index (χ2n) is 9.79. The van der Waals surface area contributed by atoms with Gasteiger partial charge in [-0.25, -0.2) is 0 Å². The highest BCUT2D eigenvalue weighted by molar-refractivity contribution is 5.84. The molecule has 30 heavy (non-hydrogen) atoms. The van der Waals surface area contributed by atoms with E-state index in [1.54, 1.807) is 0 Å². The van der Waals surface area contributed by atoms with Crippen LogP contribution in [0.4, 0.5) is 5.69 Å². The summed E-state index contributed by atoms with van der Waals surface area (Å²) in [7, 11) is 0. The lowest BCUT2D eigenvalue weighted by atomic mass is 9.90. The van der Waals surface area contributed by atoms with Crippen molar-refractivity contribution in [2.45, 2.75) is 85.5 Å². The molecule has 0 radical (unpaired) electrons. The van der Waals surface area contributed by atoms with Gasteiger partial charge in [-0.3, -0.25) is 4.99 Å². The van der Waals surface area contributed by atoms with Crippen molar-refractivity contribution in [1.82, 2.24) is 4.98 Å². The monoisotopic (exact) mass is 402 g/mol. The molecule has 0 aliphatic carbocycles. The van der Waals surface area contributed by atoms with Crippen molar-refractivity contribution in [3.8, 4) is 0 Å². The number of nitrogens with one attached hydrogen (secondary N) is 1. The molecule has 1 aliphatic rings. The summed E-state index contributed by atoms with van der Waals surface area (Å²) in [4.78, 5) is 7.80. The minimum Gasteiger partial charge on any atom is -0.361 e. The van der Waals surface area contributed by atoms with Gasteiger partial charge in [0.2, 0.25) is 0 Å². The van der Waals surface area contributed by atoms with Crippen molar-refractivity contribution in [3.63, 3.8) is 0 Å². The van der Waals surface area contributed by atoms with E-state index in [1.807, 2.05) is 12.4 Å². The third kappa shape index (κ3) is 4.69. The molecule has 0 saturated heterocycles. The third-order valence-electron chi connectivity index (χ3n) is 6.10. The molecule has 0 unspecified atom stereocenters. The molecule has 0 fully saturated rings. The van der Waals surface area contributed by atoms with E-state index in [2.05, 4.69) is 95.7 Å². The van der Waals surface area contributed by atoms with Gasteiger partial charge in [-0.2, -0.15) is 0 Å². The largest absolute Gasteiger partial charge is 0.361 e. The van der Waals surface area contributed by atoms with E-state index < -0.39 is 0 Å². The number of rotatable bonds is 4. The first-order chi connectivity index (χ1) is 14.2. The van der Waals surface area contributed by atoms with Crippen molar-refractivity contribution in [2.75, 3.05) is 0 Å². The van der Waals surface area contributed by atoms with Crippen molar-refractivity contribution >= 4 is 22.8 Å². The van der Waals surface area contributed by atoms with E-state index in [0.29, 0.717) is 23.7 Å². The van der Waals surface area contributed by atoms with Crippen LogP contribution in [0.3, 0.4) is 0 Å². The van der Waals surface area contributed by atoms with Crippen LogP contribution in [0, 0.1) is 0 Å². The van der Waals surface area contributed by atoms with Gasteiger partial charge in [0.25, 0.3) is 0 Å². The number of H-pyrrole nitrogens is 1. The SMILES string of the molecule is CC(C)c1cc(C(C)C)c2[nH]ccc2c1.CC(C)c1cc2c(c(C(C)C)c1)CC=N2. The molecular formula is C28H38N2. The third-order valence-corrected chi connectivity index (χ3v) is 6.10. The highest BCUT2D eigenvalue weighted by atomic mass is 14.7. The lowest BCUT2D eigenvalue weighted by molar-refractivity contribution is 0.826. The maximum Gasteiger partial charge on any atom is 0.0667 e. The smallest absolute Gasteiger partial charge is 0.0667 e. The first kappa shape index (κ1) is 22.3. The minimum atomic E-state index is 0.574. The predicted molar refractivity (Wildman–Crippen MR) is 133 cm³/mol. The summed E-state index contributed by atoms with van der Waals surface area (Å²) in [5, 5.41) is 1.34. The molecule has 3 aromatic rings. The molecule has 1 aliphatic heterocycles. The van der Waals surface area contributed by atoms with Crippen LogP contribution < -0.4 is 0 Å². The van der Waals surface area contributed by atoms with Gasteiger partial charge in [0.15, 0.2) is 0 Å². The fourth-order valence-corrected chi connectivity index (χ4v) is 4.14. The normalized spacial score (nSPS) is 12.9. The Labute approximate surface area is 182 Å². The number of benzene rings is 2. The first-order valence-corrected chi connectivity index (χ1v) is 11.5. The summed E-state index contributed by atoms with van der Waals surface area (Å²) in [6.07, 6.45) is 5.07. The molecule has 0 spiro atoms. The standard InChI is InChI=1S/2C14H19N/c1-9(2)11-7-13(10(3)4)12-5-6-15-14(12)8-11;1-9(2)12-7-11-5-6-15-14(11)13(8-12)10(3)4/h6-10H,5H2,1-4H3;5-10,15H,1-4H3. The van der Waals surface area contributed by atoms with Crippen LogP contribution in [-0.2, 0) is 6.42 Å². The van der Waals surface area contributed by atoms with E-state index in [9.17, 15) is 0 Å². The van der Waals surface area contributed by atoms with Crippen molar-refractivity contribution in [1.29, 1.82) is 0 Å². The number of aromatic nitrogens is 1. The van der Waals surface area contributed by atoms with Gasteiger partial charge in [-0.1, -0.05) is 67.5 Å². The van der Waals surface area contributed by atoms with Crippen LogP contribution in [0.1, 0.15) is 107 Å². The lowest BCUT2D eigenvalue weighted by Gasteiger charge is -2.15. The highest BCUT2D eigenvalue weighted by Crippen LogP contribution is 2.35. The Morgan fingerprint density at radius 1 is 0.733 bits per heavy atom. The van der Waals surface area contributed by atoms with Gasteiger partial charge < -0.3 is 4.98 Å². The number of hydrogen-bond donors (Lipinski definition) is 1. The highest BCUT2D eigenvalue weighted by Gasteiger charge is 2.16. The first-order valence-electron chi connectivity index (χ1n) is 11.5. The molecule has 0 saturated carbocycles.